The van der Waals surface area contributed by atoms with Gasteiger partial charge < -0.3 is 15.2 Å². The molecule has 2 aromatic carbocycles. The van der Waals surface area contributed by atoms with Gasteiger partial charge in [0.1, 0.15) is 17.8 Å². The molecule has 1 unspecified atom stereocenters. The summed E-state index contributed by atoms with van der Waals surface area (Å²) in [6.45, 7) is 2.16. The molecular weight excluding hydrogens is 346 g/mol. The Hall–Kier alpha value is -3.34. The molecule has 2 aromatic heterocycles. The first-order valence-electron chi connectivity index (χ1n) is 9.66. The van der Waals surface area contributed by atoms with Crippen molar-refractivity contribution in [2.45, 2.75) is 12.3 Å². The van der Waals surface area contributed by atoms with Crippen molar-refractivity contribution in [1.29, 1.82) is 0 Å². The number of nitrogens with zero attached hydrogens (tertiary/aromatic N) is 4. The second-order valence-electron chi connectivity index (χ2n) is 7.50. The minimum Gasteiger partial charge on any atom is -0.383 e. The zero-order valence-electron chi connectivity index (χ0n) is 15.9. The number of nitrogens with two attached hydrogens (primary N) is 1. The van der Waals surface area contributed by atoms with E-state index >= 15 is 0 Å². The van der Waals surface area contributed by atoms with Gasteiger partial charge in [0, 0.05) is 43.5 Å². The summed E-state index contributed by atoms with van der Waals surface area (Å²) in [6, 6.07) is 19.6. The van der Waals surface area contributed by atoms with E-state index < -0.39 is 0 Å². The summed E-state index contributed by atoms with van der Waals surface area (Å²) in [5, 5.41) is 0.920. The summed E-state index contributed by atoms with van der Waals surface area (Å²) in [6.07, 6.45) is 4.79. The Labute approximate surface area is 164 Å². The molecule has 0 radical (unpaired) electrons. The molecule has 1 saturated heterocycles. The molecule has 1 aliphatic rings. The molecule has 0 saturated carbocycles. The van der Waals surface area contributed by atoms with Gasteiger partial charge in [0.2, 0.25) is 0 Å². The number of aryl methyl sites for hydroxylation is 1. The fourth-order valence-electron chi connectivity index (χ4n) is 4.30. The smallest absolute Gasteiger partial charge is 0.145 e. The maximum Gasteiger partial charge on any atom is 0.145 e. The fourth-order valence-corrected chi connectivity index (χ4v) is 4.30. The molecule has 4 aromatic rings. The Kier molecular flexibility index (Phi) is 4.01. The molecule has 2 N–H and O–H groups in total. The van der Waals surface area contributed by atoms with Crippen molar-refractivity contribution < 1.29 is 0 Å². The van der Waals surface area contributed by atoms with Gasteiger partial charge in [-0.25, -0.2) is 9.97 Å². The molecule has 0 aliphatic carbocycles. The zero-order chi connectivity index (χ0) is 19.1. The summed E-state index contributed by atoms with van der Waals surface area (Å²) >= 11 is 0. The van der Waals surface area contributed by atoms with Crippen LogP contribution in [-0.4, -0.2) is 27.6 Å². The standard InChI is InChI=1S/C23H23N5/c1-27-14-20(21-22(24)25-15-26-23(21)27)17-7-9-19(10-8-17)28-12-11-18(13-28)16-5-3-2-4-6-16/h2-10,14-15,18H,11-13H2,1H3,(H2,24,25,26). The second-order valence-corrected chi connectivity index (χ2v) is 7.50. The van der Waals surface area contributed by atoms with E-state index in [4.69, 9.17) is 5.73 Å². The van der Waals surface area contributed by atoms with Crippen LogP contribution < -0.4 is 10.6 Å². The second kappa shape index (κ2) is 6.68. The first-order chi connectivity index (χ1) is 13.7. The third-order valence-corrected chi connectivity index (χ3v) is 5.79. The van der Waals surface area contributed by atoms with E-state index in [1.54, 1.807) is 0 Å². The van der Waals surface area contributed by atoms with Gasteiger partial charge in [-0.3, -0.25) is 0 Å². The molecule has 0 bridgehead atoms. The SMILES string of the molecule is Cn1cc(-c2ccc(N3CCC(c4ccccc4)C3)cc2)c2c(N)ncnc21. The van der Waals surface area contributed by atoms with Crippen LogP contribution >= 0.6 is 0 Å². The molecular formula is C23H23N5. The van der Waals surface area contributed by atoms with E-state index in [1.807, 2.05) is 11.6 Å². The molecule has 0 amide bonds. The number of fused-ring (bicyclic) bond motifs is 1. The van der Waals surface area contributed by atoms with E-state index in [0.717, 1.165) is 35.2 Å². The predicted molar refractivity (Wildman–Crippen MR) is 114 cm³/mol. The van der Waals surface area contributed by atoms with Gasteiger partial charge in [0.25, 0.3) is 0 Å². The number of rotatable bonds is 3. The Balaban J connectivity index is 1.42. The van der Waals surface area contributed by atoms with Crippen LogP contribution in [0.5, 0.6) is 0 Å². The average molecular weight is 369 g/mol. The number of nitrogen functional groups attached to an aromatic ring is 1. The van der Waals surface area contributed by atoms with Crippen LogP contribution in [-0.2, 0) is 7.05 Å². The van der Waals surface area contributed by atoms with E-state index in [0.29, 0.717) is 11.7 Å². The molecule has 5 rings (SSSR count). The minimum absolute atomic E-state index is 0.523. The average Bonchev–Trinajstić information content (AvgIpc) is 3.35. The van der Waals surface area contributed by atoms with Crippen LogP contribution in [0, 0.1) is 0 Å². The summed E-state index contributed by atoms with van der Waals surface area (Å²) in [5.41, 5.74) is 11.9. The van der Waals surface area contributed by atoms with E-state index in [2.05, 4.69) is 75.7 Å². The van der Waals surface area contributed by atoms with Crippen molar-refractivity contribution in [3.05, 3.63) is 72.7 Å². The highest BCUT2D eigenvalue weighted by Crippen LogP contribution is 2.35. The quantitative estimate of drug-likeness (QED) is 0.588. The van der Waals surface area contributed by atoms with Crippen molar-refractivity contribution in [3.63, 3.8) is 0 Å². The maximum atomic E-state index is 6.14. The number of hydrogen-bond acceptors (Lipinski definition) is 4. The lowest BCUT2D eigenvalue weighted by atomic mass is 9.99. The summed E-state index contributed by atoms with van der Waals surface area (Å²) in [7, 11) is 1.99. The Morgan fingerprint density at radius 3 is 2.57 bits per heavy atom. The van der Waals surface area contributed by atoms with Gasteiger partial charge in [-0.05, 0) is 29.7 Å². The highest BCUT2D eigenvalue weighted by molar-refractivity contribution is 6.00. The predicted octanol–water partition coefficient (Wildman–Crippen LogP) is 4.21. The van der Waals surface area contributed by atoms with Crippen LogP contribution in [0.2, 0.25) is 0 Å². The molecule has 140 valence electrons. The van der Waals surface area contributed by atoms with Crippen molar-refractivity contribution in [2.75, 3.05) is 23.7 Å². The lowest BCUT2D eigenvalue weighted by Gasteiger charge is -2.19. The molecule has 1 aliphatic heterocycles. The zero-order valence-corrected chi connectivity index (χ0v) is 15.9. The molecule has 1 atom stereocenters. The Bertz CT molecular complexity index is 1120. The van der Waals surface area contributed by atoms with Gasteiger partial charge in [0.05, 0.1) is 5.39 Å². The lowest BCUT2D eigenvalue weighted by Crippen LogP contribution is -2.18. The van der Waals surface area contributed by atoms with Gasteiger partial charge in [-0.1, -0.05) is 42.5 Å². The molecule has 1 fully saturated rings. The van der Waals surface area contributed by atoms with Crippen LogP contribution in [0.3, 0.4) is 0 Å². The maximum absolute atomic E-state index is 6.14. The third-order valence-electron chi connectivity index (χ3n) is 5.79. The van der Waals surface area contributed by atoms with Crippen molar-refractivity contribution in [2.24, 2.45) is 7.05 Å². The van der Waals surface area contributed by atoms with Crippen molar-refractivity contribution in [3.8, 4) is 11.1 Å². The summed E-state index contributed by atoms with van der Waals surface area (Å²) in [5.74, 6) is 1.13. The number of aromatic nitrogens is 3. The van der Waals surface area contributed by atoms with E-state index in [-0.39, 0.29) is 0 Å². The summed E-state index contributed by atoms with van der Waals surface area (Å²) in [4.78, 5) is 11.0. The van der Waals surface area contributed by atoms with Crippen molar-refractivity contribution in [1.82, 2.24) is 14.5 Å². The van der Waals surface area contributed by atoms with E-state index in [1.165, 1.54) is 24.0 Å². The fraction of sp³-hybridized carbons (Fsp3) is 0.217. The third kappa shape index (κ3) is 2.80. The molecule has 28 heavy (non-hydrogen) atoms. The minimum atomic E-state index is 0.523. The largest absolute Gasteiger partial charge is 0.383 e. The lowest BCUT2D eigenvalue weighted by molar-refractivity contribution is 0.775. The normalized spacial score (nSPS) is 16.8. The van der Waals surface area contributed by atoms with Crippen LogP contribution in [0.4, 0.5) is 11.5 Å². The molecule has 5 heteroatoms. The first kappa shape index (κ1) is 16.8. The molecule has 5 nitrogen and oxygen atoms in total. The summed E-state index contributed by atoms with van der Waals surface area (Å²) < 4.78 is 2.00. The van der Waals surface area contributed by atoms with Gasteiger partial charge >= 0.3 is 0 Å². The van der Waals surface area contributed by atoms with Gasteiger partial charge in [0.15, 0.2) is 0 Å². The van der Waals surface area contributed by atoms with Crippen LogP contribution in [0.15, 0.2) is 67.1 Å². The number of benzene rings is 2. The topological polar surface area (TPSA) is 60.0 Å². The molecule has 0 spiro atoms. The van der Waals surface area contributed by atoms with Crippen LogP contribution in [0.1, 0.15) is 17.9 Å². The number of anilines is 2. The van der Waals surface area contributed by atoms with Crippen LogP contribution in [0.25, 0.3) is 22.2 Å². The molecule has 3 heterocycles. The van der Waals surface area contributed by atoms with Gasteiger partial charge in [-0.15, -0.1) is 0 Å². The Morgan fingerprint density at radius 1 is 1.00 bits per heavy atom. The Morgan fingerprint density at radius 2 is 1.79 bits per heavy atom. The van der Waals surface area contributed by atoms with Crippen molar-refractivity contribution >= 4 is 22.5 Å². The first-order valence-corrected chi connectivity index (χ1v) is 9.66. The monoisotopic (exact) mass is 369 g/mol. The van der Waals surface area contributed by atoms with Gasteiger partial charge in [-0.2, -0.15) is 0 Å². The highest BCUT2D eigenvalue weighted by Gasteiger charge is 2.24. The number of hydrogen-bond donors (Lipinski definition) is 1. The van der Waals surface area contributed by atoms with E-state index in [9.17, 15) is 0 Å². The highest BCUT2D eigenvalue weighted by atomic mass is 15.1.